The van der Waals surface area contributed by atoms with E-state index < -0.39 is 9.84 Å². The molecule has 16 heavy (non-hydrogen) atoms. The highest BCUT2D eigenvalue weighted by atomic mass is 32.2. The molecule has 0 fully saturated rings. The molecule has 0 aromatic carbocycles. The minimum absolute atomic E-state index is 0.0116. The molecule has 2 N–H and O–H groups in total. The van der Waals surface area contributed by atoms with Crippen molar-refractivity contribution in [2.24, 2.45) is 5.92 Å². The lowest BCUT2D eigenvalue weighted by molar-refractivity contribution is -0.123. The molecular weight excluding hydrogens is 228 g/mol. The summed E-state index contributed by atoms with van der Waals surface area (Å²) in [7, 11) is -2.94. The Labute approximate surface area is 97.9 Å². The van der Waals surface area contributed by atoms with E-state index in [-0.39, 0.29) is 23.6 Å². The number of nitrogens with one attached hydrogen (secondary N) is 2. The van der Waals surface area contributed by atoms with Gasteiger partial charge in [0.15, 0.2) is 0 Å². The van der Waals surface area contributed by atoms with Crippen LogP contribution in [0.3, 0.4) is 0 Å². The van der Waals surface area contributed by atoms with Crippen LogP contribution in [0.15, 0.2) is 0 Å². The summed E-state index contributed by atoms with van der Waals surface area (Å²) in [5, 5.41) is 5.79. The fourth-order valence-corrected chi connectivity index (χ4v) is 2.25. The van der Waals surface area contributed by atoms with Crippen molar-refractivity contribution < 1.29 is 13.2 Å². The lowest BCUT2D eigenvalue weighted by Gasteiger charge is -2.13. The van der Waals surface area contributed by atoms with E-state index in [1.807, 2.05) is 20.8 Å². The van der Waals surface area contributed by atoms with Crippen LogP contribution < -0.4 is 10.6 Å². The lowest BCUT2D eigenvalue weighted by atomic mass is 10.2. The average Bonchev–Trinajstić information content (AvgIpc) is 2.08. The van der Waals surface area contributed by atoms with Gasteiger partial charge in [-0.25, -0.2) is 8.42 Å². The summed E-state index contributed by atoms with van der Waals surface area (Å²) in [6, 6.07) is -0.0917. The molecule has 1 unspecified atom stereocenters. The van der Waals surface area contributed by atoms with Crippen LogP contribution in [-0.2, 0) is 14.6 Å². The maximum atomic E-state index is 11.2. The third-order valence-electron chi connectivity index (χ3n) is 1.99. The number of carbonyl (C=O) groups excluding carboxylic acids is 1. The molecule has 96 valence electrons. The minimum atomic E-state index is -2.94. The smallest absolute Gasteiger partial charge is 0.222 e. The van der Waals surface area contributed by atoms with Crippen LogP contribution in [0.4, 0.5) is 0 Å². The molecule has 0 bridgehead atoms. The summed E-state index contributed by atoms with van der Waals surface area (Å²) in [6.07, 6.45) is 1.21. The van der Waals surface area contributed by atoms with Crippen molar-refractivity contribution in [2.75, 3.05) is 25.1 Å². The molecule has 0 saturated carbocycles. The molecule has 0 aliphatic carbocycles. The average molecular weight is 250 g/mol. The summed E-state index contributed by atoms with van der Waals surface area (Å²) < 4.78 is 21.9. The molecule has 0 aliphatic rings. The van der Waals surface area contributed by atoms with Crippen LogP contribution in [-0.4, -0.2) is 45.5 Å². The molecule has 0 aliphatic heterocycles. The van der Waals surface area contributed by atoms with Gasteiger partial charge < -0.3 is 10.6 Å². The van der Waals surface area contributed by atoms with Crippen molar-refractivity contribution in [3.63, 3.8) is 0 Å². The molecule has 1 atom stereocenters. The van der Waals surface area contributed by atoms with E-state index in [0.29, 0.717) is 13.1 Å². The van der Waals surface area contributed by atoms with Gasteiger partial charge in [0, 0.05) is 31.3 Å². The number of hydrogen-bond acceptors (Lipinski definition) is 4. The van der Waals surface area contributed by atoms with Gasteiger partial charge in [-0.2, -0.15) is 0 Å². The van der Waals surface area contributed by atoms with Crippen LogP contribution in [0.1, 0.15) is 20.8 Å². The second-order valence-electron chi connectivity index (χ2n) is 4.39. The zero-order chi connectivity index (χ0) is 12.8. The van der Waals surface area contributed by atoms with Crippen molar-refractivity contribution in [1.82, 2.24) is 10.6 Å². The van der Waals surface area contributed by atoms with E-state index in [4.69, 9.17) is 0 Å². The Hall–Kier alpha value is -0.620. The van der Waals surface area contributed by atoms with Gasteiger partial charge in [0.1, 0.15) is 9.84 Å². The highest BCUT2D eigenvalue weighted by Crippen LogP contribution is 1.90. The van der Waals surface area contributed by atoms with Gasteiger partial charge in [-0.05, 0) is 6.92 Å². The highest BCUT2D eigenvalue weighted by Gasteiger charge is 2.10. The molecule has 1 amide bonds. The number of sulfone groups is 1. The van der Waals surface area contributed by atoms with E-state index in [1.165, 1.54) is 6.26 Å². The Morgan fingerprint density at radius 2 is 1.75 bits per heavy atom. The molecule has 0 aromatic rings. The second-order valence-corrected chi connectivity index (χ2v) is 6.58. The van der Waals surface area contributed by atoms with Gasteiger partial charge in [0.05, 0.1) is 5.75 Å². The molecule has 0 spiro atoms. The fraction of sp³-hybridized carbons (Fsp3) is 0.900. The van der Waals surface area contributed by atoms with E-state index in [2.05, 4.69) is 10.6 Å². The van der Waals surface area contributed by atoms with Gasteiger partial charge in [-0.1, -0.05) is 13.8 Å². The van der Waals surface area contributed by atoms with Crippen LogP contribution >= 0.6 is 0 Å². The quantitative estimate of drug-likeness (QED) is 0.613. The number of carbonyl (C=O) groups is 1. The lowest BCUT2D eigenvalue weighted by Crippen LogP contribution is -2.39. The van der Waals surface area contributed by atoms with E-state index in [0.717, 1.165) is 0 Å². The molecule has 0 saturated heterocycles. The van der Waals surface area contributed by atoms with Crippen molar-refractivity contribution in [3.05, 3.63) is 0 Å². The third-order valence-corrected chi connectivity index (χ3v) is 3.10. The maximum absolute atomic E-state index is 11.2. The SMILES string of the molecule is CC(CS(C)(=O)=O)NCCNC(=O)C(C)C. The predicted molar refractivity (Wildman–Crippen MR) is 65.0 cm³/mol. The number of rotatable bonds is 7. The van der Waals surface area contributed by atoms with Crippen LogP contribution in [0, 0.1) is 5.92 Å². The predicted octanol–water partition coefficient (Wildman–Crippen LogP) is -0.219. The molecule has 5 nitrogen and oxygen atoms in total. The Morgan fingerprint density at radius 1 is 1.19 bits per heavy atom. The van der Waals surface area contributed by atoms with E-state index in [1.54, 1.807) is 0 Å². The van der Waals surface area contributed by atoms with Crippen LogP contribution in [0.25, 0.3) is 0 Å². The van der Waals surface area contributed by atoms with E-state index in [9.17, 15) is 13.2 Å². The Balaban J connectivity index is 3.64. The van der Waals surface area contributed by atoms with Gasteiger partial charge in [0.25, 0.3) is 0 Å². The second kappa shape index (κ2) is 6.85. The first-order valence-electron chi connectivity index (χ1n) is 5.41. The Bertz CT molecular complexity index is 312. The molecule has 0 radical (unpaired) electrons. The Morgan fingerprint density at radius 3 is 2.19 bits per heavy atom. The fourth-order valence-electron chi connectivity index (χ4n) is 1.22. The number of hydrogen-bond donors (Lipinski definition) is 2. The minimum Gasteiger partial charge on any atom is -0.355 e. The monoisotopic (exact) mass is 250 g/mol. The first kappa shape index (κ1) is 15.4. The summed E-state index contributed by atoms with van der Waals surface area (Å²) in [5.74, 6) is 0.108. The standard InChI is InChI=1S/C10H22N2O3S/c1-8(2)10(13)12-6-5-11-9(3)7-16(4,14)15/h8-9,11H,5-7H2,1-4H3,(H,12,13). The van der Waals surface area contributed by atoms with Crippen molar-refractivity contribution in [3.8, 4) is 0 Å². The third kappa shape index (κ3) is 8.67. The summed E-state index contributed by atoms with van der Waals surface area (Å²) in [6.45, 7) is 6.57. The molecule has 0 rings (SSSR count). The first-order valence-corrected chi connectivity index (χ1v) is 7.47. The van der Waals surface area contributed by atoms with Gasteiger partial charge in [-0.3, -0.25) is 4.79 Å². The van der Waals surface area contributed by atoms with Crippen molar-refractivity contribution in [2.45, 2.75) is 26.8 Å². The summed E-state index contributed by atoms with van der Waals surface area (Å²) in [5.41, 5.74) is 0. The molecule has 6 heteroatoms. The number of amides is 1. The largest absolute Gasteiger partial charge is 0.355 e. The zero-order valence-corrected chi connectivity index (χ0v) is 11.2. The topological polar surface area (TPSA) is 75.3 Å². The van der Waals surface area contributed by atoms with Gasteiger partial charge >= 0.3 is 0 Å². The molecule has 0 aromatic heterocycles. The highest BCUT2D eigenvalue weighted by molar-refractivity contribution is 7.90. The summed E-state index contributed by atoms with van der Waals surface area (Å²) in [4.78, 5) is 11.2. The summed E-state index contributed by atoms with van der Waals surface area (Å²) >= 11 is 0. The van der Waals surface area contributed by atoms with Crippen LogP contribution in [0.5, 0.6) is 0 Å². The van der Waals surface area contributed by atoms with Crippen LogP contribution in [0.2, 0.25) is 0 Å². The molecular formula is C10H22N2O3S. The van der Waals surface area contributed by atoms with E-state index >= 15 is 0 Å². The van der Waals surface area contributed by atoms with Gasteiger partial charge in [0.2, 0.25) is 5.91 Å². The van der Waals surface area contributed by atoms with Crippen molar-refractivity contribution >= 4 is 15.7 Å². The van der Waals surface area contributed by atoms with Gasteiger partial charge in [-0.15, -0.1) is 0 Å². The maximum Gasteiger partial charge on any atom is 0.222 e. The zero-order valence-electron chi connectivity index (χ0n) is 10.4. The first-order chi connectivity index (χ1) is 7.22. The van der Waals surface area contributed by atoms with Crippen molar-refractivity contribution in [1.29, 1.82) is 0 Å². The normalized spacial score (nSPS) is 13.8. The Kier molecular flexibility index (Phi) is 6.59. The molecule has 0 heterocycles.